The van der Waals surface area contributed by atoms with Gasteiger partial charge in [-0.25, -0.2) is 0 Å². The first-order valence-corrected chi connectivity index (χ1v) is 16.8. The average Bonchev–Trinajstić information content (AvgIpc) is 2.87. The molecule has 0 radical (unpaired) electrons. The molecule has 2 aromatic carbocycles. The number of hydrogen-bond acceptors (Lipinski definition) is 7. The van der Waals surface area contributed by atoms with Gasteiger partial charge in [0.15, 0.2) is 0 Å². The summed E-state index contributed by atoms with van der Waals surface area (Å²) in [6, 6.07) is 15.8. The first kappa shape index (κ1) is 27.7. The molecule has 1 aromatic heterocycles. The van der Waals surface area contributed by atoms with E-state index in [0.717, 1.165) is 28.6 Å². The number of benzene rings is 2. The number of sulfonamides is 1. The van der Waals surface area contributed by atoms with Crippen molar-refractivity contribution in [2.24, 2.45) is 0 Å². The standard InChI is InChI=1S/C27H30IN4O6S/c1-18-12-19(23-4-2-3-5-24(23)29-18)15-38-21-6-8-22(9-7-21)39(36,37)31-27(14-25(33)30-35)16-32(17-27)26(34)13-20-10-11-28-20/h2-9,12,20,31,35H,10-11,13-17H2,1H3,(H,30,33)/q-1/t20-/m0/s1. The largest absolute Gasteiger partial charge is 0.253 e. The molecule has 0 bridgehead atoms. The van der Waals surface area contributed by atoms with Crippen molar-refractivity contribution in [1.82, 2.24) is 20.1 Å². The number of likely N-dealkylation sites (tertiary alicyclic amines) is 1. The van der Waals surface area contributed by atoms with Gasteiger partial charge in [-0.05, 0) is 19.1 Å². The minimum absolute atomic E-state index is 0.00725. The Morgan fingerprint density at radius 3 is 2.56 bits per heavy atom. The summed E-state index contributed by atoms with van der Waals surface area (Å²) < 4.78 is 36.8. The summed E-state index contributed by atoms with van der Waals surface area (Å²) in [5.41, 5.74) is 3.11. The molecule has 2 saturated heterocycles. The SMILES string of the molecule is Cc1cc(COc2ccc(S(=O)(=O)NC3(CC(=O)NO)CN(C(=O)C[C@@H]4CC[I-]4)C3)cc2)c2ccccc2n1. The van der Waals surface area contributed by atoms with Crippen LogP contribution in [0.3, 0.4) is 0 Å². The van der Waals surface area contributed by atoms with Gasteiger partial charge in [0.2, 0.25) is 0 Å². The molecule has 0 saturated carbocycles. The molecule has 39 heavy (non-hydrogen) atoms. The van der Waals surface area contributed by atoms with Crippen molar-refractivity contribution < 1.29 is 49.2 Å². The van der Waals surface area contributed by atoms with Crippen molar-refractivity contribution in [2.75, 3.05) is 17.5 Å². The van der Waals surface area contributed by atoms with Gasteiger partial charge in [-0.15, -0.1) is 0 Å². The zero-order valence-electron chi connectivity index (χ0n) is 21.4. The van der Waals surface area contributed by atoms with Crippen molar-refractivity contribution in [3.05, 3.63) is 65.9 Å². The van der Waals surface area contributed by atoms with Crippen LogP contribution in [0.15, 0.2) is 59.5 Å². The summed E-state index contributed by atoms with van der Waals surface area (Å²) in [6.07, 6.45) is 1.28. The fourth-order valence-corrected chi connectivity index (χ4v) is 8.47. The molecule has 0 aliphatic carbocycles. The van der Waals surface area contributed by atoms with Crippen LogP contribution in [0.5, 0.6) is 5.75 Å². The number of pyridine rings is 1. The van der Waals surface area contributed by atoms with Crippen molar-refractivity contribution in [2.45, 2.75) is 47.2 Å². The van der Waals surface area contributed by atoms with Crippen LogP contribution in [0.25, 0.3) is 10.9 Å². The third-order valence-electron chi connectivity index (χ3n) is 6.92. The number of hydrogen-bond donors (Lipinski definition) is 3. The van der Waals surface area contributed by atoms with Gasteiger partial charge in [0.1, 0.15) is 6.61 Å². The summed E-state index contributed by atoms with van der Waals surface area (Å²) >= 11 is 0.0914. The molecule has 208 valence electrons. The Labute approximate surface area is 237 Å². The molecule has 5 rings (SSSR count). The minimum Gasteiger partial charge on any atom is -0.253 e. The Balaban J connectivity index is 1.25. The summed E-state index contributed by atoms with van der Waals surface area (Å²) in [7, 11) is -4.02. The number of hydroxylamine groups is 1. The number of aromatic nitrogens is 1. The number of ether oxygens (including phenoxy) is 1. The number of amides is 2. The summed E-state index contributed by atoms with van der Waals surface area (Å²) in [4.78, 5) is 30.7. The van der Waals surface area contributed by atoms with Gasteiger partial charge in [0, 0.05) is 16.6 Å². The molecule has 3 aromatic rings. The molecule has 2 fully saturated rings. The molecule has 0 unspecified atom stereocenters. The van der Waals surface area contributed by atoms with Gasteiger partial charge in [0.05, 0.1) is 5.52 Å². The predicted molar refractivity (Wildman–Crippen MR) is 139 cm³/mol. The Morgan fingerprint density at radius 2 is 1.90 bits per heavy atom. The van der Waals surface area contributed by atoms with E-state index in [-0.39, 0.29) is 51.5 Å². The number of fused-ring (bicyclic) bond motifs is 1. The third kappa shape index (κ3) is 6.34. The van der Waals surface area contributed by atoms with Crippen molar-refractivity contribution in [1.29, 1.82) is 0 Å². The quantitative estimate of drug-likeness (QED) is 0.111. The van der Waals surface area contributed by atoms with Crippen LogP contribution >= 0.6 is 0 Å². The Bertz CT molecular complexity index is 1490. The van der Waals surface area contributed by atoms with Gasteiger partial charge in [-0.1, -0.05) is 18.2 Å². The van der Waals surface area contributed by atoms with Crippen LogP contribution < -0.4 is 36.1 Å². The molecule has 3 N–H and O–H groups in total. The summed E-state index contributed by atoms with van der Waals surface area (Å²) in [5, 5.41) is 10.0. The molecule has 12 heteroatoms. The monoisotopic (exact) mass is 665 g/mol. The maximum absolute atomic E-state index is 13.2. The van der Waals surface area contributed by atoms with E-state index in [1.54, 1.807) is 22.5 Å². The van der Waals surface area contributed by atoms with Gasteiger partial charge >= 0.3 is 163 Å². The minimum atomic E-state index is -4.02. The van der Waals surface area contributed by atoms with Gasteiger partial charge in [0.25, 0.3) is 0 Å². The third-order valence-corrected chi connectivity index (χ3v) is 12.1. The van der Waals surface area contributed by atoms with E-state index < -0.39 is 21.5 Å². The topological polar surface area (TPSA) is 138 Å². The maximum Gasteiger partial charge on any atom is 0.0709 e. The van der Waals surface area contributed by atoms with E-state index in [2.05, 4.69) is 9.71 Å². The van der Waals surface area contributed by atoms with Gasteiger partial charge in [-0.3, -0.25) is 4.98 Å². The normalized spacial score (nSPS) is 18.4. The zero-order valence-corrected chi connectivity index (χ0v) is 24.4. The molecule has 10 nitrogen and oxygen atoms in total. The average molecular weight is 666 g/mol. The summed E-state index contributed by atoms with van der Waals surface area (Å²) in [6.45, 7) is 2.36. The second-order valence-corrected chi connectivity index (χ2v) is 15.4. The van der Waals surface area contributed by atoms with Crippen molar-refractivity contribution in [3.8, 4) is 5.75 Å². The van der Waals surface area contributed by atoms with Crippen molar-refractivity contribution in [3.63, 3.8) is 0 Å². The van der Waals surface area contributed by atoms with Crippen LogP contribution in [0.4, 0.5) is 0 Å². The van der Waals surface area contributed by atoms with Gasteiger partial charge < -0.3 is 4.74 Å². The number of aryl methyl sites for hydroxylation is 1. The van der Waals surface area contributed by atoms with Crippen LogP contribution in [0, 0.1) is 6.92 Å². The number of rotatable bonds is 10. The molecule has 1 atom stereocenters. The number of carbonyl (C=O) groups is 2. The fourth-order valence-electron chi connectivity index (χ4n) is 4.89. The molecular formula is C27H30IN4O6S-. The molecule has 2 aliphatic rings. The number of para-hydroxylation sites is 1. The van der Waals surface area contributed by atoms with Crippen LogP contribution in [-0.2, 0) is 26.2 Å². The number of halogens is 1. The first-order chi connectivity index (χ1) is 18.7. The van der Waals surface area contributed by atoms with E-state index >= 15 is 0 Å². The second-order valence-electron chi connectivity index (χ2n) is 9.98. The molecule has 2 amide bonds. The van der Waals surface area contributed by atoms with Crippen LogP contribution in [-0.4, -0.2) is 62.3 Å². The van der Waals surface area contributed by atoms with E-state index in [1.807, 2.05) is 37.3 Å². The van der Waals surface area contributed by atoms with Crippen LogP contribution in [0.2, 0.25) is 0 Å². The fraction of sp³-hybridized carbons (Fsp3) is 0.370. The van der Waals surface area contributed by atoms with E-state index in [0.29, 0.717) is 22.7 Å². The molecule has 2 aliphatic heterocycles. The van der Waals surface area contributed by atoms with E-state index in [9.17, 15) is 18.0 Å². The van der Waals surface area contributed by atoms with Gasteiger partial charge in [-0.2, -0.15) is 0 Å². The smallest absolute Gasteiger partial charge is 0.0709 e. The molecule has 3 heterocycles. The Kier molecular flexibility index (Phi) is 8.08. The number of nitrogens with zero attached hydrogens (tertiary/aromatic N) is 2. The Hall–Kier alpha value is -2.81. The Morgan fingerprint density at radius 1 is 1.18 bits per heavy atom. The number of alkyl halides is 2. The van der Waals surface area contributed by atoms with Crippen molar-refractivity contribution >= 4 is 32.7 Å². The first-order valence-electron chi connectivity index (χ1n) is 12.6. The molecular weight excluding hydrogens is 635 g/mol. The maximum atomic E-state index is 13.2. The number of nitrogens with one attached hydrogen (secondary N) is 2. The van der Waals surface area contributed by atoms with Crippen LogP contribution in [0.1, 0.15) is 30.5 Å². The summed E-state index contributed by atoms with van der Waals surface area (Å²) in [5.74, 6) is -0.240. The number of carbonyl (C=O) groups excluding carboxylic acids is 2. The second kappa shape index (κ2) is 11.4. The van der Waals surface area contributed by atoms with E-state index in [4.69, 9.17) is 9.94 Å². The predicted octanol–water partition coefficient (Wildman–Crippen LogP) is -0.872. The zero-order chi connectivity index (χ0) is 27.6. The molecule has 0 spiro atoms. The van der Waals surface area contributed by atoms with E-state index in [1.165, 1.54) is 16.6 Å².